The average molecular weight is 239 g/mol. The minimum atomic E-state index is 0.0129. The molecule has 0 aromatic rings. The Labute approximate surface area is 104 Å². The molecule has 0 aromatic heterocycles. The minimum Gasteiger partial charge on any atom is -0.381 e. The van der Waals surface area contributed by atoms with Crippen molar-refractivity contribution in [3.05, 3.63) is 0 Å². The van der Waals surface area contributed by atoms with Gasteiger partial charge in [-0.05, 0) is 32.2 Å². The van der Waals surface area contributed by atoms with Crippen molar-refractivity contribution in [1.29, 1.82) is 0 Å². The standard InChI is InChI=1S/C13H25N3O/c14-13(3-8-17-9-4-13)11-15-6-7-16-5-1-2-12(16)10-15/h12H,1-11,14H2. The van der Waals surface area contributed by atoms with Crippen LogP contribution in [0.3, 0.4) is 0 Å². The Morgan fingerprint density at radius 3 is 2.82 bits per heavy atom. The lowest BCUT2D eigenvalue weighted by Gasteiger charge is -2.43. The van der Waals surface area contributed by atoms with Crippen LogP contribution in [0.5, 0.6) is 0 Å². The van der Waals surface area contributed by atoms with Crippen LogP contribution in [-0.2, 0) is 4.74 Å². The number of piperazine rings is 1. The van der Waals surface area contributed by atoms with Crippen LogP contribution < -0.4 is 5.73 Å². The molecule has 0 radical (unpaired) electrons. The molecule has 3 aliphatic rings. The van der Waals surface area contributed by atoms with Crippen molar-refractivity contribution in [3.63, 3.8) is 0 Å². The predicted molar refractivity (Wildman–Crippen MR) is 68.0 cm³/mol. The normalized spacial score (nSPS) is 34.8. The summed E-state index contributed by atoms with van der Waals surface area (Å²) in [6.07, 6.45) is 4.83. The molecule has 0 aliphatic carbocycles. The monoisotopic (exact) mass is 239 g/mol. The molecule has 0 saturated carbocycles. The number of nitrogens with two attached hydrogens (primary N) is 1. The molecule has 3 rings (SSSR count). The molecule has 3 saturated heterocycles. The van der Waals surface area contributed by atoms with E-state index in [4.69, 9.17) is 10.5 Å². The molecule has 3 aliphatic heterocycles. The Hall–Kier alpha value is -0.160. The van der Waals surface area contributed by atoms with Crippen molar-refractivity contribution in [2.24, 2.45) is 5.73 Å². The lowest BCUT2D eigenvalue weighted by Crippen LogP contribution is -2.58. The first-order valence-corrected chi connectivity index (χ1v) is 7.08. The molecule has 17 heavy (non-hydrogen) atoms. The molecular formula is C13H25N3O. The fourth-order valence-corrected chi connectivity index (χ4v) is 3.58. The van der Waals surface area contributed by atoms with E-state index >= 15 is 0 Å². The average Bonchev–Trinajstić information content (AvgIpc) is 2.76. The fourth-order valence-electron chi connectivity index (χ4n) is 3.58. The number of rotatable bonds is 2. The molecule has 0 spiro atoms. The first-order valence-electron chi connectivity index (χ1n) is 7.08. The third-order valence-electron chi connectivity index (χ3n) is 4.70. The van der Waals surface area contributed by atoms with E-state index in [1.165, 1.54) is 39.0 Å². The summed E-state index contributed by atoms with van der Waals surface area (Å²) in [7, 11) is 0. The topological polar surface area (TPSA) is 41.7 Å². The highest BCUT2D eigenvalue weighted by atomic mass is 16.5. The summed E-state index contributed by atoms with van der Waals surface area (Å²) < 4.78 is 5.42. The summed E-state index contributed by atoms with van der Waals surface area (Å²) in [4.78, 5) is 5.25. The summed E-state index contributed by atoms with van der Waals surface area (Å²) in [5, 5.41) is 0. The van der Waals surface area contributed by atoms with Gasteiger partial charge in [-0.2, -0.15) is 0 Å². The van der Waals surface area contributed by atoms with Crippen molar-refractivity contribution in [2.45, 2.75) is 37.3 Å². The molecule has 3 heterocycles. The van der Waals surface area contributed by atoms with E-state index in [0.29, 0.717) is 0 Å². The fraction of sp³-hybridized carbons (Fsp3) is 1.00. The van der Waals surface area contributed by atoms with Crippen LogP contribution >= 0.6 is 0 Å². The van der Waals surface area contributed by atoms with Crippen LogP contribution in [0.25, 0.3) is 0 Å². The maximum atomic E-state index is 6.49. The van der Waals surface area contributed by atoms with Crippen molar-refractivity contribution in [3.8, 4) is 0 Å². The largest absolute Gasteiger partial charge is 0.381 e. The molecule has 0 amide bonds. The zero-order chi connectivity index (χ0) is 11.7. The van der Waals surface area contributed by atoms with Gasteiger partial charge in [0.15, 0.2) is 0 Å². The van der Waals surface area contributed by atoms with Gasteiger partial charge < -0.3 is 10.5 Å². The molecule has 1 unspecified atom stereocenters. The van der Waals surface area contributed by atoms with E-state index in [9.17, 15) is 0 Å². The molecule has 4 nitrogen and oxygen atoms in total. The molecule has 1 atom stereocenters. The van der Waals surface area contributed by atoms with Gasteiger partial charge in [0.2, 0.25) is 0 Å². The van der Waals surface area contributed by atoms with Crippen molar-refractivity contribution in [1.82, 2.24) is 9.80 Å². The van der Waals surface area contributed by atoms with Crippen molar-refractivity contribution >= 4 is 0 Å². The molecule has 2 N–H and O–H groups in total. The van der Waals surface area contributed by atoms with Crippen molar-refractivity contribution in [2.75, 3.05) is 45.9 Å². The highest BCUT2D eigenvalue weighted by molar-refractivity contribution is 4.94. The quantitative estimate of drug-likeness (QED) is 0.751. The van der Waals surface area contributed by atoms with Gasteiger partial charge in [0.25, 0.3) is 0 Å². The number of hydrogen-bond acceptors (Lipinski definition) is 4. The second-order valence-electron chi connectivity index (χ2n) is 6.04. The van der Waals surface area contributed by atoms with Gasteiger partial charge in [-0.25, -0.2) is 0 Å². The SMILES string of the molecule is NC1(CN2CCN3CCCC3C2)CCOCC1. The molecular weight excluding hydrogens is 214 g/mol. The predicted octanol–water partition coefficient (Wildman–Crippen LogP) is 0.274. The zero-order valence-electron chi connectivity index (χ0n) is 10.7. The van der Waals surface area contributed by atoms with Gasteiger partial charge >= 0.3 is 0 Å². The number of ether oxygens (including phenoxy) is 1. The summed E-state index contributed by atoms with van der Waals surface area (Å²) in [6, 6.07) is 0.812. The maximum Gasteiger partial charge on any atom is 0.0484 e. The van der Waals surface area contributed by atoms with Gasteiger partial charge in [-0.1, -0.05) is 0 Å². The van der Waals surface area contributed by atoms with Crippen LogP contribution in [-0.4, -0.2) is 67.3 Å². The summed E-state index contributed by atoms with van der Waals surface area (Å²) in [5.41, 5.74) is 6.50. The molecule has 98 valence electrons. The van der Waals surface area contributed by atoms with Gasteiger partial charge in [0.05, 0.1) is 0 Å². The third kappa shape index (κ3) is 2.65. The number of fused-ring (bicyclic) bond motifs is 1. The second-order valence-corrected chi connectivity index (χ2v) is 6.04. The van der Waals surface area contributed by atoms with Crippen LogP contribution in [0.2, 0.25) is 0 Å². The Bertz CT molecular complexity index is 265. The van der Waals surface area contributed by atoms with Crippen LogP contribution in [0.4, 0.5) is 0 Å². The van der Waals surface area contributed by atoms with E-state index in [0.717, 1.165) is 38.6 Å². The number of hydrogen-bond donors (Lipinski definition) is 1. The van der Waals surface area contributed by atoms with Crippen LogP contribution in [0.1, 0.15) is 25.7 Å². The highest BCUT2D eigenvalue weighted by Gasteiger charge is 2.35. The lowest BCUT2D eigenvalue weighted by molar-refractivity contribution is 0.0225. The Balaban J connectivity index is 1.54. The molecule has 3 fully saturated rings. The lowest BCUT2D eigenvalue weighted by atomic mass is 9.90. The van der Waals surface area contributed by atoms with Gasteiger partial charge in [-0.15, -0.1) is 0 Å². The van der Waals surface area contributed by atoms with Crippen molar-refractivity contribution < 1.29 is 4.74 Å². The maximum absolute atomic E-state index is 6.49. The smallest absolute Gasteiger partial charge is 0.0484 e. The van der Waals surface area contributed by atoms with E-state index in [1.54, 1.807) is 0 Å². The first kappa shape index (κ1) is 11.9. The second kappa shape index (κ2) is 4.84. The summed E-state index contributed by atoms with van der Waals surface area (Å²) in [6.45, 7) is 7.77. The number of nitrogens with zero attached hydrogens (tertiary/aromatic N) is 2. The van der Waals surface area contributed by atoms with Gasteiger partial charge in [0, 0.05) is 51.0 Å². The minimum absolute atomic E-state index is 0.0129. The van der Waals surface area contributed by atoms with Crippen LogP contribution in [0, 0.1) is 0 Å². The summed E-state index contributed by atoms with van der Waals surface area (Å²) >= 11 is 0. The Morgan fingerprint density at radius 2 is 2.00 bits per heavy atom. The Morgan fingerprint density at radius 1 is 1.18 bits per heavy atom. The zero-order valence-corrected chi connectivity index (χ0v) is 10.7. The van der Waals surface area contributed by atoms with E-state index in [2.05, 4.69) is 9.80 Å². The van der Waals surface area contributed by atoms with Crippen LogP contribution in [0.15, 0.2) is 0 Å². The molecule has 0 aromatic carbocycles. The highest BCUT2D eigenvalue weighted by Crippen LogP contribution is 2.24. The van der Waals surface area contributed by atoms with Gasteiger partial charge in [0.1, 0.15) is 0 Å². The third-order valence-corrected chi connectivity index (χ3v) is 4.70. The molecule has 4 heteroatoms. The van der Waals surface area contributed by atoms with E-state index in [-0.39, 0.29) is 5.54 Å². The summed E-state index contributed by atoms with van der Waals surface area (Å²) in [5.74, 6) is 0. The van der Waals surface area contributed by atoms with E-state index < -0.39 is 0 Å². The van der Waals surface area contributed by atoms with E-state index in [1.807, 2.05) is 0 Å². The van der Waals surface area contributed by atoms with Gasteiger partial charge in [-0.3, -0.25) is 9.80 Å². The Kier molecular flexibility index (Phi) is 3.39. The molecule has 0 bridgehead atoms. The first-order chi connectivity index (χ1) is 8.25.